The molecule has 2 aromatic rings. The van der Waals surface area contributed by atoms with Crippen molar-refractivity contribution >= 4 is 34.1 Å². The molecule has 1 aliphatic rings. The third kappa shape index (κ3) is 6.32. The number of anilines is 1. The highest BCUT2D eigenvalue weighted by atomic mass is 32.2. The third-order valence-electron chi connectivity index (χ3n) is 5.09. The van der Waals surface area contributed by atoms with Gasteiger partial charge in [-0.3, -0.25) is 4.79 Å². The van der Waals surface area contributed by atoms with Gasteiger partial charge in [0.25, 0.3) is 0 Å². The van der Waals surface area contributed by atoms with Crippen molar-refractivity contribution in [3.63, 3.8) is 0 Å². The van der Waals surface area contributed by atoms with Crippen molar-refractivity contribution in [1.82, 2.24) is 10.2 Å². The maximum atomic E-state index is 12.1. The van der Waals surface area contributed by atoms with Crippen LogP contribution in [0.2, 0.25) is 0 Å². The van der Waals surface area contributed by atoms with Gasteiger partial charge in [-0.25, -0.2) is 0 Å². The van der Waals surface area contributed by atoms with Gasteiger partial charge in [0.15, 0.2) is 4.34 Å². The molecule has 1 amide bonds. The van der Waals surface area contributed by atoms with Gasteiger partial charge in [0.1, 0.15) is 0 Å². The Balaban J connectivity index is 1.44. The van der Waals surface area contributed by atoms with Gasteiger partial charge >= 0.3 is 0 Å². The molecule has 1 saturated carbocycles. The van der Waals surface area contributed by atoms with E-state index >= 15 is 0 Å². The molecule has 0 atom stereocenters. The summed E-state index contributed by atoms with van der Waals surface area (Å²) in [5.74, 6) is 1.66. The van der Waals surface area contributed by atoms with Crippen molar-refractivity contribution in [2.24, 2.45) is 5.92 Å². The molecular formula is C21H29N3OS2. The molecule has 1 fully saturated rings. The fraction of sp³-hybridized carbons (Fsp3) is 0.571. The summed E-state index contributed by atoms with van der Waals surface area (Å²) in [7, 11) is 0. The van der Waals surface area contributed by atoms with Crippen LogP contribution in [0.15, 0.2) is 28.6 Å². The van der Waals surface area contributed by atoms with Crippen LogP contribution < -0.4 is 5.32 Å². The lowest BCUT2D eigenvalue weighted by Gasteiger charge is -2.19. The second-order valence-electron chi connectivity index (χ2n) is 8.35. The molecule has 1 N–H and O–H groups in total. The molecule has 0 saturated heterocycles. The third-order valence-corrected chi connectivity index (χ3v) is 7.13. The lowest BCUT2D eigenvalue weighted by atomic mass is 9.87. The number of hydrogen-bond acceptors (Lipinski definition) is 5. The van der Waals surface area contributed by atoms with Crippen LogP contribution in [0.25, 0.3) is 0 Å². The van der Waals surface area contributed by atoms with Gasteiger partial charge < -0.3 is 5.32 Å². The molecule has 3 rings (SSSR count). The zero-order valence-corrected chi connectivity index (χ0v) is 18.1. The summed E-state index contributed by atoms with van der Waals surface area (Å²) in [4.78, 5) is 12.1. The zero-order valence-electron chi connectivity index (χ0n) is 16.5. The predicted molar refractivity (Wildman–Crippen MR) is 114 cm³/mol. The van der Waals surface area contributed by atoms with Crippen molar-refractivity contribution in [2.45, 2.75) is 74.8 Å². The van der Waals surface area contributed by atoms with Crippen LogP contribution in [0.1, 0.15) is 70.4 Å². The average molecular weight is 404 g/mol. The topological polar surface area (TPSA) is 54.9 Å². The minimum Gasteiger partial charge on any atom is -0.301 e. The fourth-order valence-electron chi connectivity index (χ4n) is 3.38. The lowest BCUT2D eigenvalue weighted by Crippen LogP contribution is -2.12. The number of thioether (sulfide) groups is 1. The van der Waals surface area contributed by atoms with E-state index in [0.717, 1.165) is 22.4 Å². The summed E-state index contributed by atoms with van der Waals surface area (Å²) in [6.07, 6.45) is 6.79. The Morgan fingerprint density at radius 3 is 2.56 bits per heavy atom. The lowest BCUT2D eigenvalue weighted by molar-refractivity contribution is -0.116. The molecule has 0 radical (unpaired) electrons. The molecule has 27 heavy (non-hydrogen) atoms. The van der Waals surface area contributed by atoms with E-state index in [-0.39, 0.29) is 11.3 Å². The molecule has 1 aliphatic carbocycles. The Hall–Kier alpha value is -1.40. The predicted octanol–water partition coefficient (Wildman–Crippen LogP) is 6.04. The van der Waals surface area contributed by atoms with Crippen molar-refractivity contribution in [1.29, 1.82) is 0 Å². The number of carbonyl (C=O) groups is 1. The number of nitrogens with zero attached hydrogens (tertiary/aromatic N) is 2. The van der Waals surface area contributed by atoms with E-state index < -0.39 is 0 Å². The van der Waals surface area contributed by atoms with E-state index in [4.69, 9.17) is 0 Å². The second kappa shape index (κ2) is 9.20. The molecule has 0 unspecified atom stereocenters. The summed E-state index contributed by atoms with van der Waals surface area (Å²) < 4.78 is 0.890. The van der Waals surface area contributed by atoms with E-state index in [1.165, 1.54) is 48.1 Å². The van der Waals surface area contributed by atoms with Crippen LogP contribution in [0.5, 0.6) is 0 Å². The maximum Gasteiger partial charge on any atom is 0.226 e. The van der Waals surface area contributed by atoms with Gasteiger partial charge in [-0.15, -0.1) is 10.2 Å². The number of nitrogens with one attached hydrogen (secondary N) is 1. The SMILES string of the molecule is CC(C)(C)c1ccc(CSc2nnc(NC(=O)CCC3CCCC3)s2)cc1. The fourth-order valence-corrected chi connectivity index (χ4v) is 5.10. The van der Waals surface area contributed by atoms with E-state index in [1.54, 1.807) is 11.8 Å². The van der Waals surface area contributed by atoms with Crippen LogP contribution in [0, 0.1) is 5.92 Å². The Morgan fingerprint density at radius 1 is 1.19 bits per heavy atom. The summed E-state index contributed by atoms with van der Waals surface area (Å²) in [6, 6.07) is 8.76. The molecule has 0 aliphatic heterocycles. The van der Waals surface area contributed by atoms with Gasteiger partial charge in [-0.05, 0) is 28.9 Å². The smallest absolute Gasteiger partial charge is 0.226 e. The Morgan fingerprint density at radius 2 is 1.89 bits per heavy atom. The number of hydrogen-bond donors (Lipinski definition) is 1. The number of rotatable bonds is 7. The van der Waals surface area contributed by atoms with Crippen LogP contribution in [-0.2, 0) is 16.0 Å². The molecule has 6 heteroatoms. The van der Waals surface area contributed by atoms with E-state index in [9.17, 15) is 4.79 Å². The monoisotopic (exact) mass is 403 g/mol. The largest absolute Gasteiger partial charge is 0.301 e. The molecule has 1 aromatic heterocycles. The first-order valence-electron chi connectivity index (χ1n) is 9.76. The molecular weight excluding hydrogens is 374 g/mol. The van der Waals surface area contributed by atoms with Crippen molar-refractivity contribution in [3.8, 4) is 0 Å². The molecule has 1 aromatic carbocycles. The number of amides is 1. The second-order valence-corrected chi connectivity index (χ2v) is 10.5. The van der Waals surface area contributed by atoms with Gasteiger partial charge in [-0.1, -0.05) is 93.8 Å². The quantitative estimate of drug-likeness (QED) is 0.452. The number of carbonyl (C=O) groups excluding carboxylic acids is 1. The number of benzene rings is 1. The van der Waals surface area contributed by atoms with Crippen LogP contribution in [0.4, 0.5) is 5.13 Å². The summed E-state index contributed by atoms with van der Waals surface area (Å²) in [6.45, 7) is 6.67. The average Bonchev–Trinajstić information content (AvgIpc) is 3.30. The Bertz CT molecular complexity index is 744. The van der Waals surface area contributed by atoms with E-state index in [0.29, 0.717) is 11.6 Å². The summed E-state index contributed by atoms with van der Waals surface area (Å²) in [5.41, 5.74) is 2.79. The maximum absolute atomic E-state index is 12.1. The first-order valence-corrected chi connectivity index (χ1v) is 11.6. The molecule has 0 spiro atoms. The van der Waals surface area contributed by atoms with Crippen LogP contribution in [-0.4, -0.2) is 16.1 Å². The van der Waals surface area contributed by atoms with Crippen molar-refractivity contribution < 1.29 is 4.79 Å². The van der Waals surface area contributed by atoms with Crippen molar-refractivity contribution in [3.05, 3.63) is 35.4 Å². The van der Waals surface area contributed by atoms with Crippen molar-refractivity contribution in [2.75, 3.05) is 5.32 Å². The van der Waals surface area contributed by atoms with E-state index in [1.807, 2.05) is 0 Å². The highest BCUT2D eigenvalue weighted by Crippen LogP contribution is 2.31. The number of aromatic nitrogens is 2. The minimum absolute atomic E-state index is 0.0624. The van der Waals surface area contributed by atoms with Crippen LogP contribution >= 0.6 is 23.1 Å². The van der Waals surface area contributed by atoms with Gasteiger partial charge in [0, 0.05) is 12.2 Å². The van der Waals surface area contributed by atoms with E-state index in [2.05, 4.69) is 60.6 Å². The highest BCUT2D eigenvalue weighted by molar-refractivity contribution is 8.00. The van der Waals surface area contributed by atoms with Gasteiger partial charge in [-0.2, -0.15) is 0 Å². The molecule has 1 heterocycles. The van der Waals surface area contributed by atoms with Gasteiger partial charge in [0.2, 0.25) is 11.0 Å². The first-order chi connectivity index (χ1) is 12.9. The summed E-state index contributed by atoms with van der Waals surface area (Å²) >= 11 is 3.12. The molecule has 4 nitrogen and oxygen atoms in total. The Kier molecular flexibility index (Phi) is 6.93. The standard InChI is InChI=1S/C21H29N3OS2/c1-21(2,3)17-11-8-16(9-12-17)14-26-20-24-23-19(27-20)22-18(25)13-10-15-6-4-5-7-15/h8-9,11-12,15H,4-7,10,13-14H2,1-3H3,(H,22,23,25). The molecule has 146 valence electrons. The van der Waals surface area contributed by atoms with Gasteiger partial charge in [0.05, 0.1) is 0 Å². The van der Waals surface area contributed by atoms with Crippen LogP contribution in [0.3, 0.4) is 0 Å². The first kappa shape index (κ1) is 20.3. The zero-order chi connectivity index (χ0) is 19.3. The molecule has 0 bridgehead atoms. The minimum atomic E-state index is 0.0624. The Labute approximate surface area is 170 Å². The highest BCUT2D eigenvalue weighted by Gasteiger charge is 2.17. The normalized spacial score (nSPS) is 15.2. The summed E-state index contributed by atoms with van der Waals surface area (Å²) in [5, 5.41) is 11.8.